The Kier molecular flexibility index (Phi) is 8.14. The first-order valence-corrected chi connectivity index (χ1v) is 11.2. The van der Waals surface area contributed by atoms with Crippen LogP contribution in [-0.2, 0) is 28.7 Å². The van der Waals surface area contributed by atoms with Crippen molar-refractivity contribution in [2.75, 3.05) is 6.61 Å². The van der Waals surface area contributed by atoms with Gasteiger partial charge in [-0.1, -0.05) is 23.7 Å². The third kappa shape index (κ3) is 5.85. The van der Waals surface area contributed by atoms with Crippen molar-refractivity contribution < 1.29 is 40.6 Å². The number of halogens is 7. The zero-order chi connectivity index (χ0) is 25.0. The topological polar surface area (TPSA) is 35.5 Å². The van der Waals surface area contributed by atoms with Crippen molar-refractivity contribution in [2.45, 2.75) is 32.5 Å². The second-order valence-electron chi connectivity index (χ2n) is 7.03. The maximum Gasteiger partial charge on any atom is 0.426 e. The number of esters is 1. The number of alkyl halides is 3. The first kappa shape index (κ1) is 25.9. The average molecular weight is 523 g/mol. The molecule has 0 radical (unpaired) electrons. The largest absolute Gasteiger partial charge is 0.483 e. The van der Waals surface area contributed by atoms with E-state index in [1.54, 1.807) is 6.92 Å². The highest BCUT2D eigenvalue weighted by Gasteiger charge is 2.37. The van der Waals surface area contributed by atoms with E-state index < -0.39 is 52.4 Å². The second-order valence-corrected chi connectivity index (χ2v) is 8.35. The van der Waals surface area contributed by atoms with Gasteiger partial charge in [-0.2, -0.15) is 17.6 Å². The van der Waals surface area contributed by atoms with E-state index in [4.69, 9.17) is 16.3 Å². The molecule has 0 unspecified atom stereocenters. The monoisotopic (exact) mass is 522 g/mol. The van der Waals surface area contributed by atoms with Crippen LogP contribution in [-0.4, -0.2) is 12.6 Å². The fourth-order valence-electron chi connectivity index (χ4n) is 3.19. The predicted molar refractivity (Wildman–Crippen MR) is 115 cm³/mol. The quantitative estimate of drug-likeness (QED) is 0.174. The minimum atomic E-state index is -4.74. The maximum atomic E-state index is 14.5. The molecule has 34 heavy (non-hydrogen) atoms. The molecule has 182 valence electrons. The Labute approximate surface area is 199 Å². The third-order valence-electron chi connectivity index (χ3n) is 4.76. The van der Waals surface area contributed by atoms with Gasteiger partial charge in [0.05, 0.1) is 6.61 Å². The molecule has 3 aromatic rings. The van der Waals surface area contributed by atoms with Crippen molar-refractivity contribution in [3.63, 3.8) is 0 Å². The highest BCUT2D eigenvalue weighted by atomic mass is 35.5. The molecule has 0 aliphatic rings. The van der Waals surface area contributed by atoms with Crippen molar-refractivity contribution >= 4 is 28.9 Å². The number of carbonyl (C=O) groups is 1. The van der Waals surface area contributed by atoms with Crippen LogP contribution in [0.5, 0.6) is 5.75 Å². The third-order valence-corrected chi connectivity index (χ3v) is 6.08. The highest BCUT2D eigenvalue weighted by molar-refractivity contribution is 7.10. The van der Waals surface area contributed by atoms with E-state index in [2.05, 4.69) is 4.74 Å². The number of carbonyl (C=O) groups excluding carboxylic acids is 1. The highest BCUT2D eigenvalue weighted by Crippen LogP contribution is 2.42. The Morgan fingerprint density at radius 1 is 1.09 bits per heavy atom. The van der Waals surface area contributed by atoms with Crippen molar-refractivity contribution in [3.05, 3.63) is 74.2 Å². The van der Waals surface area contributed by atoms with Gasteiger partial charge in [0, 0.05) is 17.0 Å². The Morgan fingerprint density at radius 3 is 2.38 bits per heavy atom. The normalized spacial score (nSPS) is 11.5. The van der Waals surface area contributed by atoms with Gasteiger partial charge in [-0.25, -0.2) is 8.78 Å². The van der Waals surface area contributed by atoms with Gasteiger partial charge in [0.1, 0.15) is 11.5 Å². The summed E-state index contributed by atoms with van der Waals surface area (Å²) in [7, 11) is 0. The minimum Gasteiger partial charge on any atom is -0.483 e. The van der Waals surface area contributed by atoms with Gasteiger partial charge in [0.2, 0.25) is 5.82 Å². The summed E-state index contributed by atoms with van der Waals surface area (Å²) in [6.07, 6.45) is -5.38. The van der Waals surface area contributed by atoms with Crippen LogP contribution in [0.15, 0.2) is 35.7 Å². The Morgan fingerprint density at radius 2 is 1.76 bits per heavy atom. The number of aryl methyl sites for hydroxylation is 1. The molecule has 0 spiro atoms. The van der Waals surface area contributed by atoms with Crippen LogP contribution in [0.4, 0.5) is 26.3 Å². The zero-order valence-corrected chi connectivity index (χ0v) is 19.1. The average Bonchev–Trinajstić information content (AvgIpc) is 3.20. The van der Waals surface area contributed by atoms with Crippen LogP contribution in [0.1, 0.15) is 29.3 Å². The van der Waals surface area contributed by atoms with Gasteiger partial charge >= 0.3 is 12.1 Å². The summed E-state index contributed by atoms with van der Waals surface area (Å²) in [4.78, 5) is 10.4. The zero-order valence-electron chi connectivity index (χ0n) is 17.6. The summed E-state index contributed by atoms with van der Waals surface area (Å²) in [5.41, 5.74) is -0.258. The fraction of sp³-hybridized carbons (Fsp3) is 0.261. The predicted octanol–water partition coefficient (Wildman–Crippen LogP) is 7.58. The van der Waals surface area contributed by atoms with Crippen LogP contribution >= 0.6 is 22.9 Å². The molecular weight excluding hydrogens is 506 g/mol. The lowest BCUT2D eigenvalue weighted by Gasteiger charge is -2.14. The summed E-state index contributed by atoms with van der Waals surface area (Å²) < 4.78 is 93.8. The summed E-state index contributed by atoms with van der Waals surface area (Å²) in [5.74, 6) is -6.29. The number of rotatable bonds is 8. The van der Waals surface area contributed by atoms with Crippen molar-refractivity contribution in [1.29, 1.82) is 0 Å². The van der Waals surface area contributed by atoms with Crippen LogP contribution in [0.2, 0.25) is 5.02 Å². The van der Waals surface area contributed by atoms with E-state index in [0.29, 0.717) is 28.0 Å². The Bertz CT molecular complexity index is 1170. The Balaban J connectivity index is 1.90. The standard InChI is InChI=1S/C23H17ClF6O3S/c1-2-32-18(31)8-5-13-9-17(25)21(20(27)19(13)26)33-10-15-16(11-34-22(15)23(28,29)30)12-3-6-14(24)7-4-12/h3-4,6-7,9,11H,2,5,8,10H2,1H3. The molecule has 11 heteroatoms. The van der Waals surface area contributed by atoms with Crippen molar-refractivity contribution in [2.24, 2.45) is 0 Å². The van der Waals surface area contributed by atoms with Crippen molar-refractivity contribution in [1.82, 2.24) is 0 Å². The van der Waals surface area contributed by atoms with Crippen LogP contribution in [0, 0.1) is 17.5 Å². The molecule has 1 heterocycles. The van der Waals surface area contributed by atoms with Gasteiger partial charge < -0.3 is 9.47 Å². The Hall–Kier alpha value is -2.72. The molecule has 3 rings (SSSR count). The number of hydrogen-bond acceptors (Lipinski definition) is 4. The molecule has 0 amide bonds. The number of ether oxygens (including phenoxy) is 2. The first-order chi connectivity index (χ1) is 16.0. The lowest BCUT2D eigenvalue weighted by molar-refractivity contribution is -0.143. The minimum absolute atomic E-state index is 0.0946. The SMILES string of the molecule is CCOC(=O)CCc1cc(F)c(OCc2c(-c3ccc(Cl)cc3)csc2C(F)(F)F)c(F)c1F. The molecular formula is C23H17ClF6O3S. The van der Waals surface area contributed by atoms with Crippen LogP contribution in [0.3, 0.4) is 0 Å². The number of benzene rings is 2. The molecule has 2 aromatic carbocycles. The van der Waals surface area contributed by atoms with E-state index in [9.17, 15) is 31.1 Å². The van der Waals surface area contributed by atoms with Crippen LogP contribution in [0.25, 0.3) is 11.1 Å². The van der Waals surface area contributed by atoms with Gasteiger partial charge in [-0.05, 0) is 53.6 Å². The lowest BCUT2D eigenvalue weighted by atomic mass is 10.0. The lowest BCUT2D eigenvalue weighted by Crippen LogP contribution is -2.11. The molecule has 0 saturated carbocycles. The van der Waals surface area contributed by atoms with E-state index in [1.165, 1.54) is 29.6 Å². The summed E-state index contributed by atoms with van der Waals surface area (Å²) in [5, 5.41) is 1.62. The number of hydrogen-bond donors (Lipinski definition) is 0. The molecule has 0 bridgehead atoms. The first-order valence-electron chi connectivity index (χ1n) is 9.91. The summed E-state index contributed by atoms with van der Waals surface area (Å²) >= 11 is 6.23. The molecule has 0 saturated heterocycles. The van der Waals surface area contributed by atoms with E-state index in [0.717, 1.165) is 0 Å². The van der Waals surface area contributed by atoms with Crippen LogP contribution < -0.4 is 4.74 Å². The molecule has 0 aliphatic heterocycles. The van der Waals surface area contributed by atoms with E-state index in [1.807, 2.05) is 0 Å². The van der Waals surface area contributed by atoms with Crippen molar-refractivity contribution in [3.8, 4) is 16.9 Å². The molecule has 0 N–H and O–H groups in total. The van der Waals surface area contributed by atoms with Gasteiger partial charge in [-0.3, -0.25) is 4.79 Å². The second kappa shape index (κ2) is 10.7. The molecule has 3 nitrogen and oxygen atoms in total. The van der Waals surface area contributed by atoms with E-state index in [-0.39, 0.29) is 30.6 Å². The molecule has 0 atom stereocenters. The maximum absolute atomic E-state index is 14.5. The molecule has 1 aromatic heterocycles. The van der Waals surface area contributed by atoms with Gasteiger partial charge in [-0.15, -0.1) is 11.3 Å². The summed E-state index contributed by atoms with van der Waals surface area (Å²) in [6.45, 7) is 0.795. The van der Waals surface area contributed by atoms with Gasteiger partial charge in [0.15, 0.2) is 17.4 Å². The van der Waals surface area contributed by atoms with E-state index >= 15 is 0 Å². The summed E-state index contributed by atoms with van der Waals surface area (Å²) in [6, 6.07) is 6.60. The fourth-order valence-corrected chi connectivity index (χ4v) is 4.28. The smallest absolute Gasteiger partial charge is 0.426 e. The molecule has 0 fully saturated rings. The van der Waals surface area contributed by atoms with Gasteiger partial charge in [0.25, 0.3) is 0 Å². The molecule has 0 aliphatic carbocycles. The number of thiophene rings is 1.